The number of para-hydroxylation sites is 1. The van der Waals surface area contributed by atoms with E-state index in [0.717, 1.165) is 34.9 Å². The molecule has 1 aliphatic heterocycles. The van der Waals surface area contributed by atoms with Gasteiger partial charge in [-0.05, 0) is 28.1 Å². The average Bonchev–Trinajstić information content (AvgIpc) is 3.16. The highest BCUT2D eigenvalue weighted by Crippen LogP contribution is 2.35. The van der Waals surface area contributed by atoms with Gasteiger partial charge in [0.05, 0.1) is 24.9 Å². The Morgan fingerprint density at radius 1 is 1.18 bits per heavy atom. The minimum Gasteiger partial charge on any atom is -0.473 e. The van der Waals surface area contributed by atoms with E-state index < -0.39 is 0 Å². The van der Waals surface area contributed by atoms with Gasteiger partial charge in [0.25, 0.3) is 0 Å². The van der Waals surface area contributed by atoms with E-state index in [1.54, 1.807) is 10.7 Å². The molecule has 3 aromatic heterocycles. The van der Waals surface area contributed by atoms with Crippen LogP contribution in [-0.2, 0) is 4.74 Å². The minimum atomic E-state index is 0.0631. The molecule has 1 saturated heterocycles. The van der Waals surface area contributed by atoms with Crippen molar-refractivity contribution in [2.75, 3.05) is 18.9 Å². The summed E-state index contributed by atoms with van der Waals surface area (Å²) in [5.74, 6) is 0.930. The van der Waals surface area contributed by atoms with E-state index in [4.69, 9.17) is 20.2 Å². The zero-order chi connectivity index (χ0) is 19.1. The Bertz CT molecular complexity index is 1170. The van der Waals surface area contributed by atoms with Crippen LogP contribution in [0.3, 0.4) is 0 Å². The van der Waals surface area contributed by atoms with Crippen molar-refractivity contribution in [2.45, 2.75) is 18.9 Å². The number of hydrogen-bond acceptors (Lipinski definition) is 6. The number of benzene rings is 1. The van der Waals surface area contributed by atoms with Crippen LogP contribution in [0.25, 0.3) is 27.7 Å². The number of halogens is 1. The molecule has 0 radical (unpaired) electrons. The van der Waals surface area contributed by atoms with Crippen molar-refractivity contribution >= 4 is 38.3 Å². The van der Waals surface area contributed by atoms with E-state index in [0.29, 0.717) is 35.0 Å². The maximum atomic E-state index is 6.30. The largest absolute Gasteiger partial charge is 0.473 e. The van der Waals surface area contributed by atoms with Crippen LogP contribution >= 0.6 is 15.9 Å². The fourth-order valence-electron chi connectivity index (χ4n) is 3.43. The molecule has 28 heavy (non-hydrogen) atoms. The van der Waals surface area contributed by atoms with Gasteiger partial charge in [-0.15, -0.1) is 0 Å². The van der Waals surface area contributed by atoms with Crippen molar-refractivity contribution in [1.29, 1.82) is 0 Å². The van der Waals surface area contributed by atoms with Gasteiger partial charge in [0, 0.05) is 35.6 Å². The van der Waals surface area contributed by atoms with Crippen LogP contribution in [0.5, 0.6) is 5.88 Å². The molecule has 0 saturated carbocycles. The lowest BCUT2D eigenvalue weighted by Crippen LogP contribution is -2.26. The fraction of sp³-hybridized carbons (Fsp3) is 0.250. The van der Waals surface area contributed by atoms with Crippen molar-refractivity contribution in [3.63, 3.8) is 0 Å². The summed E-state index contributed by atoms with van der Waals surface area (Å²) in [4.78, 5) is 9.28. The smallest absolute Gasteiger partial charge is 0.234 e. The SMILES string of the molecule is Nc1c(Br)c(OC2CCOCC2)nc2c(-c3cnc4ccccc4c3)cnn12. The van der Waals surface area contributed by atoms with Crippen LogP contribution in [0.2, 0.25) is 0 Å². The second kappa shape index (κ2) is 7.03. The van der Waals surface area contributed by atoms with Gasteiger partial charge in [-0.1, -0.05) is 18.2 Å². The number of rotatable bonds is 3. The molecular formula is C20H18BrN5O2. The zero-order valence-corrected chi connectivity index (χ0v) is 16.6. The molecule has 0 bridgehead atoms. The summed E-state index contributed by atoms with van der Waals surface area (Å²) in [5, 5.41) is 5.48. The maximum absolute atomic E-state index is 6.30. The first kappa shape index (κ1) is 17.4. The molecule has 4 aromatic rings. The number of nitrogens with two attached hydrogens (primary N) is 1. The summed E-state index contributed by atoms with van der Waals surface area (Å²) in [7, 11) is 0. The highest BCUT2D eigenvalue weighted by molar-refractivity contribution is 9.10. The lowest BCUT2D eigenvalue weighted by atomic mass is 10.1. The molecule has 7 nitrogen and oxygen atoms in total. The van der Waals surface area contributed by atoms with Crippen molar-refractivity contribution in [3.8, 4) is 17.0 Å². The molecule has 1 aliphatic rings. The highest BCUT2D eigenvalue weighted by atomic mass is 79.9. The number of aromatic nitrogens is 4. The molecule has 5 rings (SSSR count). The second-order valence-corrected chi connectivity index (χ2v) is 7.55. The summed E-state index contributed by atoms with van der Waals surface area (Å²) < 4.78 is 13.8. The van der Waals surface area contributed by atoms with E-state index in [2.05, 4.69) is 32.1 Å². The number of nitrogen functional groups attached to an aromatic ring is 1. The molecule has 1 aromatic carbocycles. The number of ether oxygens (including phenoxy) is 2. The number of nitrogens with zero attached hydrogens (tertiary/aromatic N) is 4. The third-order valence-corrected chi connectivity index (χ3v) is 5.69. The van der Waals surface area contributed by atoms with Crippen LogP contribution in [0.15, 0.2) is 47.2 Å². The molecule has 142 valence electrons. The van der Waals surface area contributed by atoms with E-state index in [-0.39, 0.29) is 6.10 Å². The van der Waals surface area contributed by atoms with Crippen molar-refractivity contribution in [2.24, 2.45) is 0 Å². The Morgan fingerprint density at radius 2 is 2.00 bits per heavy atom. The van der Waals surface area contributed by atoms with E-state index in [1.165, 1.54) is 0 Å². The summed E-state index contributed by atoms with van der Waals surface area (Å²) in [5.41, 5.74) is 9.67. The maximum Gasteiger partial charge on any atom is 0.234 e. The van der Waals surface area contributed by atoms with Crippen molar-refractivity contribution < 1.29 is 9.47 Å². The van der Waals surface area contributed by atoms with Gasteiger partial charge in [-0.3, -0.25) is 4.98 Å². The topological polar surface area (TPSA) is 87.6 Å². The monoisotopic (exact) mass is 439 g/mol. The number of pyridine rings is 1. The van der Waals surface area contributed by atoms with E-state index in [9.17, 15) is 0 Å². The molecule has 0 unspecified atom stereocenters. The van der Waals surface area contributed by atoms with Gasteiger partial charge in [0.15, 0.2) is 5.65 Å². The normalized spacial score (nSPS) is 15.3. The van der Waals surface area contributed by atoms with Gasteiger partial charge in [-0.25, -0.2) is 0 Å². The van der Waals surface area contributed by atoms with Crippen molar-refractivity contribution in [1.82, 2.24) is 19.6 Å². The summed E-state index contributed by atoms with van der Waals surface area (Å²) in [6.07, 6.45) is 5.32. The van der Waals surface area contributed by atoms with Gasteiger partial charge in [-0.2, -0.15) is 14.6 Å². The van der Waals surface area contributed by atoms with Crippen LogP contribution in [-0.4, -0.2) is 38.9 Å². The predicted octanol–water partition coefficient (Wildman–Crippen LogP) is 3.85. The van der Waals surface area contributed by atoms with Gasteiger partial charge in [0.2, 0.25) is 5.88 Å². The molecular weight excluding hydrogens is 422 g/mol. The fourth-order valence-corrected chi connectivity index (χ4v) is 3.78. The van der Waals surface area contributed by atoms with E-state index >= 15 is 0 Å². The van der Waals surface area contributed by atoms with Crippen LogP contribution in [0, 0.1) is 0 Å². The highest BCUT2D eigenvalue weighted by Gasteiger charge is 2.21. The molecule has 0 atom stereocenters. The molecule has 2 N–H and O–H groups in total. The van der Waals surface area contributed by atoms with Crippen LogP contribution in [0.1, 0.15) is 12.8 Å². The average molecular weight is 440 g/mol. The second-order valence-electron chi connectivity index (χ2n) is 6.76. The number of hydrogen-bond donors (Lipinski definition) is 1. The number of fused-ring (bicyclic) bond motifs is 2. The quantitative estimate of drug-likeness (QED) is 0.521. The first-order valence-corrected chi connectivity index (χ1v) is 9.92. The summed E-state index contributed by atoms with van der Waals surface area (Å²) >= 11 is 3.51. The molecule has 0 amide bonds. The first-order valence-electron chi connectivity index (χ1n) is 9.13. The zero-order valence-electron chi connectivity index (χ0n) is 15.0. The van der Waals surface area contributed by atoms with Gasteiger partial charge in [0.1, 0.15) is 16.4 Å². The van der Waals surface area contributed by atoms with Crippen molar-refractivity contribution in [3.05, 3.63) is 47.2 Å². The molecule has 1 fully saturated rings. The van der Waals surface area contributed by atoms with E-state index in [1.807, 2.05) is 30.5 Å². The lowest BCUT2D eigenvalue weighted by molar-refractivity contribution is 0.0235. The molecule has 0 aliphatic carbocycles. The Labute approximate surface area is 169 Å². The Morgan fingerprint density at radius 3 is 2.86 bits per heavy atom. The van der Waals surface area contributed by atoms with Gasteiger partial charge < -0.3 is 15.2 Å². The number of anilines is 1. The predicted molar refractivity (Wildman–Crippen MR) is 110 cm³/mol. The van der Waals surface area contributed by atoms with Crippen LogP contribution in [0.4, 0.5) is 5.82 Å². The van der Waals surface area contributed by atoms with Gasteiger partial charge >= 0.3 is 0 Å². The van der Waals surface area contributed by atoms with Crippen LogP contribution < -0.4 is 10.5 Å². The first-order chi connectivity index (χ1) is 13.7. The third-order valence-electron chi connectivity index (χ3n) is 4.94. The Kier molecular flexibility index (Phi) is 4.37. The third kappa shape index (κ3) is 2.98. The summed E-state index contributed by atoms with van der Waals surface area (Å²) in [6, 6.07) is 10.1. The Balaban J connectivity index is 1.61. The lowest BCUT2D eigenvalue weighted by Gasteiger charge is -2.23. The summed E-state index contributed by atoms with van der Waals surface area (Å²) in [6.45, 7) is 1.39. The Hall–Kier alpha value is -2.71. The minimum absolute atomic E-state index is 0.0631. The standard InChI is InChI=1S/C20H18BrN5O2/c21-17-18(22)26-19(25-20(17)28-14-5-7-27-8-6-14)15(11-24-26)13-9-12-3-1-2-4-16(12)23-10-13/h1-4,9-11,14H,5-8,22H2. The molecule has 4 heterocycles. The molecule has 8 heteroatoms. The molecule has 0 spiro atoms.